The number of carbonyl (C=O) groups excluding carboxylic acids is 2. The van der Waals surface area contributed by atoms with Crippen LogP contribution in [0.1, 0.15) is 5.76 Å². The van der Waals surface area contributed by atoms with E-state index in [2.05, 4.69) is 5.32 Å². The zero-order valence-electron chi connectivity index (χ0n) is 17.9. The minimum Gasteiger partial charge on any atom is -0.497 e. The molecule has 172 valence electrons. The Morgan fingerprint density at radius 1 is 1.06 bits per heavy atom. The Morgan fingerprint density at radius 3 is 2.44 bits per heavy atom. The molecule has 3 aromatic rings. The molecule has 0 saturated carbocycles. The van der Waals surface area contributed by atoms with Gasteiger partial charge in [0.05, 0.1) is 36.5 Å². The average molecular weight is 479 g/mol. The molecule has 1 N–H and O–H groups in total. The minimum atomic E-state index is -0.661. The highest BCUT2D eigenvalue weighted by Crippen LogP contribution is 2.35. The van der Waals surface area contributed by atoms with Crippen LogP contribution in [0.2, 0.25) is 0 Å². The molecule has 1 fully saturated rings. The average Bonchev–Trinajstić information content (AvgIpc) is 3.30. The Kier molecular flexibility index (Phi) is 6.11. The van der Waals surface area contributed by atoms with Crippen LogP contribution in [0.25, 0.3) is 17.4 Å². The summed E-state index contributed by atoms with van der Waals surface area (Å²) in [6.07, 6.45) is 1.30. The first-order chi connectivity index (χ1) is 16.3. The maximum atomic E-state index is 13.1. The first-order valence-electron chi connectivity index (χ1n) is 9.80. The molecule has 0 aliphatic carbocycles. The maximum Gasteiger partial charge on any atom is 0.273 e. The third-order valence-corrected chi connectivity index (χ3v) is 5.29. The van der Waals surface area contributed by atoms with Crippen molar-refractivity contribution in [2.24, 2.45) is 0 Å². The van der Waals surface area contributed by atoms with Gasteiger partial charge in [0, 0.05) is 6.07 Å². The number of hydrogen-bond donors (Lipinski definition) is 1. The number of nitrogens with one attached hydrogen (secondary N) is 1. The van der Waals surface area contributed by atoms with Gasteiger partial charge in [0.1, 0.15) is 28.6 Å². The van der Waals surface area contributed by atoms with Gasteiger partial charge in [-0.1, -0.05) is 0 Å². The van der Waals surface area contributed by atoms with Gasteiger partial charge in [-0.15, -0.1) is 0 Å². The van der Waals surface area contributed by atoms with E-state index in [1.807, 2.05) is 0 Å². The van der Waals surface area contributed by atoms with Crippen LogP contribution in [-0.4, -0.2) is 36.1 Å². The number of non-ortho nitro benzene ring substituents is 1. The van der Waals surface area contributed by atoms with Gasteiger partial charge < -0.3 is 13.9 Å². The number of rotatable bonds is 6. The quantitative estimate of drug-likeness (QED) is 0.187. The van der Waals surface area contributed by atoms with Gasteiger partial charge in [0.15, 0.2) is 5.11 Å². The summed E-state index contributed by atoms with van der Waals surface area (Å²) in [6, 6.07) is 13.9. The number of carbonyl (C=O) groups is 2. The number of methoxy groups -OCH3 is 2. The number of nitro groups is 1. The maximum absolute atomic E-state index is 13.1. The molecule has 34 heavy (non-hydrogen) atoms. The summed E-state index contributed by atoms with van der Waals surface area (Å²) >= 11 is 5.20. The van der Waals surface area contributed by atoms with Gasteiger partial charge in [-0.2, -0.15) is 0 Å². The van der Waals surface area contributed by atoms with Crippen molar-refractivity contribution < 1.29 is 28.4 Å². The highest BCUT2D eigenvalue weighted by molar-refractivity contribution is 7.80. The third kappa shape index (κ3) is 4.24. The van der Waals surface area contributed by atoms with Gasteiger partial charge in [-0.05, 0) is 60.8 Å². The predicted molar refractivity (Wildman–Crippen MR) is 127 cm³/mol. The second kappa shape index (κ2) is 9.16. The van der Waals surface area contributed by atoms with Crippen LogP contribution in [0, 0.1) is 10.1 Å². The molecule has 2 amide bonds. The summed E-state index contributed by atoms with van der Waals surface area (Å²) in [6.45, 7) is 0. The summed E-state index contributed by atoms with van der Waals surface area (Å²) in [5.74, 6) is 0.116. The molecule has 1 aliphatic heterocycles. The fourth-order valence-electron chi connectivity index (χ4n) is 3.34. The van der Waals surface area contributed by atoms with E-state index < -0.39 is 16.7 Å². The number of ether oxygens (including phenoxy) is 2. The number of nitro benzene ring substituents is 1. The molecule has 0 spiro atoms. The Morgan fingerprint density at radius 2 is 1.79 bits per heavy atom. The number of nitrogens with zero attached hydrogens (tertiary/aromatic N) is 2. The molecule has 2 aromatic carbocycles. The highest BCUT2D eigenvalue weighted by atomic mass is 32.1. The molecule has 0 bridgehead atoms. The van der Waals surface area contributed by atoms with Crippen molar-refractivity contribution in [2.45, 2.75) is 0 Å². The second-order valence-electron chi connectivity index (χ2n) is 7.00. The van der Waals surface area contributed by atoms with Gasteiger partial charge in [0.2, 0.25) is 0 Å². The summed E-state index contributed by atoms with van der Waals surface area (Å²) in [5, 5.41) is 13.5. The lowest BCUT2D eigenvalue weighted by Crippen LogP contribution is -2.54. The monoisotopic (exact) mass is 479 g/mol. The van der Waals surface area contributed by atoms with E-state index in [0.717, 1.165) is 0 Å². The first-order valence-corrected chi connectivity index (χ1v) is 10.2. The fourth-order valence-corrected chi connectivity index (χ4v) is 3.62. The molecule has 2 heterocycles. The summed E-state index contributed by atoms with van der Waals surface area (Å²) < 4.78 is 16.2. The highest BCUT2D eigenvalue weighted by Gasteiger charge is 2.34. The number of anilines is 1. The van der Waals surface area contributed by atoms with E-state index in [1.54, 1.807) is 36.4 Å². The number of amides is 2. The molecule has 1 saturated heterocycles. The SMILES string of the molecule is COc1ccc(N2C(=O)C(=Cc3ccc(-c4ccc([N+](=O)[O-])cc4OC)o3)C(=O)NC2=S)cc1. The van der Waals surface area contributed by atoms with E-state index >= 15 is 0 Å². The Hall–Kier alpha value is -4.51. The van der Waals surface area contributed by atoms with Crippen molar-refractivity contribution in [2.75, 3.05) is 19.1 Å². The Bertz CT molecular complexity index is 1340. The van der Waals surface area contributed by atoms with E-state index in [9.17, 15) is 19.7 Å². The normalized spacial score (nSPS) is 14.8. The molecule has 0 radical (unpaired) electrons. The lowest BCUT2D eigenvalue weighted by molar-refractivity contribution is -0.384. The smallest absolute Gasteiger partial charge is 0.273 e. The number of benzene rings is 2. The third-order valence-electron chi connectivity index (χ3n) is 5.01. The van der Waals surface area contributed by atoms with Gasteiger partial charge in [-0.3, -0.25) is 29.9 Å². The van der Waals surface area contributed by atoms with Gasteiger partial charge in [-0.25, -0.2) is 0 Å². The van der Waals surface area contributed by atoms with Crippen molar-refractivity contribution in [1.29, 1.82) is 0 Å². The topological polar surface area (TPSA) is 124 Å². The van der Waals surface area contributed by atoms with Gasteiger partial charge in [0.25, 0.3) is 17.5 Å². The van der Waals surface area contributed by atoms with E-state index in [4.69, 9.17) is 26.1 Å². The predicted octanol–water partition coefficient (Wildman–Crippen LogP) is 3.70. The largest absolute Gasteiger partial charge is 0.497 e. The molecule has 4 rings (SSSR count). The molecule has 1 aromatic heterocycles. The van der Waals surface area contributed by atoms with Crippen LogP contribution in [0.5, 0.6) is 11.5 Å². The molecule has 11 heteroatoms. The van der Waals surface area contributed by atoms with Gasteiger partial charge >= 0.3 is 0 Å². The van der Waals surface area contributed by atoms with Crippen molar-refractivity contribution in [3.63, 3.8) is 0 Å². The van der Waals surface area contributed by atoms with Crippen molar-refractivity contribution in [3.05, 3.63) is 76.0 Å². The van der Waals surface area contributed by atoms with Crippen LogP contribution >= 0.6 is 12.2 Å². The molecular formula is C23H17N3O7S. The molecule has 10 nitrogen and oxygen atoms in total. The van der Waals surface area contributed by atoms with Crippen LogP contribution in [-0.2, 0) is 9.59 Å². The van der Waals surface area contributed by atoms with E-state index in [-0.39, 0.29) is 27.9 Å². The number of hydrogen-bond acceptors (Lipinski definition) is 8. The van der Waals surface area contributed by atoms with E-state index in [1.165, 1.54) is 43.4 Å². The minimum absolute atomic E-state index is 0.0481. The number of furan rings is 1. The Balaban J connectivity index is 1.66. The lowest BCUT2D eigenvalue weighted by atomic mass is 10.1. The molecule has 0 unspecified atom stereocenters. The standard InChI is InChI=1S/C23H17N3O7S/c1-31-15-6-3-13(4-7-15)25-22(28)18(21(27)24-23(25)34)12-16-8-10-19(33-16)17-9-5-14(26(29)30)11-20(17)32-2/h3-12H,1-2H3,(H,24,27,34). The first kappa shape index (κ1) is 22.7. The van der Waals surface area contributed by atoms with E-state index in [0.29, 0.717) is 22.8 Å². The zero-order valence-corrected chi connectivity index (χ0v) is 18.8. The lowest BCUT2D eigenvalue weighted by Gasteiger charge is -2.28. The van der Waals surface area contributed by atoms with Crippen molar-refractivity contribution in [1.82, 2.24) is 5.32 Å². The molecule has 0 atom stereocenters. The second-order valence-corrected chi connectivity index (χ2v) is 7.39. The zero-order chi connectivity index (χ0) is 24.4. The summed E-state index contributed by atoms with van der Waals surface area (Å²) in [4.78, 5) is 37.3. The van der Waals surface area contributed by atoms with Crippen LogP contribution in [0.15, 0.2) is 64.6 Å². The van der Waals surface area contributed by atoms with Crippen LogP contribution in [0.3, 0.4) is 0 Å². The van der Waals surface area contributed by atoms with Crippen molar-refractivity contribution >= 4 is 46.6 Å². The molecule has 1 aliphatic rings. The number of thiocarbonyl (C=S) groups is 1. The summed E-state index contributed by atoms with van der Waals surface area (Å²) in [5.41, 5.74) is 0.616. The van der Waals surface area contributed by atoms with Crippen molar-refractivity contribution in [3.8, 4) is 22.8 Å². The fraction of sp³-hybridized carbons (Fsp3) is 0.0870. The Labute approximate surface area is 198 Å². The summed E-state index contributed by atoms with van der Waals surface area (Å²) in [7, 11) is 2.91. The van der Waals surface area contributed by atoms with Crippen LogP contribution < -0.4 is 19.7 Å². The molecular weight excluding hydrogens is 462 g/mol. The van der Waals surface area contributed by atoms with Crippen LogP contribution in [0.4, 0.5) is 11.4 Å².